The van der Waals surface area contributed by atoms with Crippen LogP contribution in [0.5, 0.6) is 5.75 Å². The number of benzene rings is 1. The molecule has 104 valence electrons. The van der Waals surface area contributed by atoms with Gasteiger partial charge in [-0.15, -0.1) is 0 Å². The van der Waals surface area contributed by atoms with E-state index in [0.29, 0.717) is 0 Å². The second-order valence-electron chi connectivity index (χ2n) is 5.72. The van der Waals surface area contributed by atoms with E-state index in [0.717, 1.165) is 37.0 Å². The molecule has 1 atom stereocenters. The Kier molecular flexibility index (Phi) is 3.37. The number of para-hydroxylation sites is 2. The second kappa shape index (κ2) is 5.02. The van der Waals surface area contributed by atoms with E-state index < -0.39 is 0 Å². The molecule has 0 aromatic heterocycles. The summed E-state index contributed by atoms with van der Waals surface area (Å²) < 4.78 is 5.37. The maximum Gasteiger partial charge on any atom is 0.141 e. The quantitative estimate of drug-likeness (QED) is 0.848. The molecule has 2 aliphatic rings. The number of hydrogen-bond donors (Lipinski definition) is 2. The molecule has 4 heteroatoms. The molecule has 1 heterocycles. The van der Waals surface area contributed by atoms with Gasteiger partial charge in [-0.05, 0) is 31.4 Å². The topological polar surface area (TPSA) is 44.7 Å². The van der Waals surface area contributed by atoms with Crippen molar-refractivity contribution in [2.24, 2.45) is 0 Å². The van der Waals surface area contributed by atoms with Gasteiger partial charge in [-0.1, -0.05) is 12.1 Å². The Morgan fingerprint density at radius 1 is 1.42 bits per heavy atom. The fourth-order valence-electron chi connectivity index (χ4n) is 2.96. The second-order valence-corrected chi connectivity index (χ2v) is 5.72. The summed E-state index contributed by atoms with van der Waals surface area (Å²) in [6, 6.07) is 8.66. The summed E-state index contributed by atoms with van der Waals surface area (Å²) in [7, 11) is 1.68. The number of aliphatic hydroxyl groups is 1. The largest absolute Gasteiger partial charge is 0.495 e. The SMILES string of the molecule is COc1ccccc1NC1(CO)CCN(C2CC2)C1. The molecule has 0 radical (unpaired) electrons. The molecule has 0 amide bonds. The summed E-state index contributed by atoms with van der Waals surface area (Å²) >= 11 is 0. The first kappa shape index (κ1) is 12.8. The molecular weight excluding hydrogens is 240 g/mol. The number of hydrogen-bond acceptors (Lipinski definition) is 4. The summed E-state index contributed by atoms with van der Waals surface area (Å²) in [5, 5.41) is 13.4. The Morgan fingerprint density at radius 2 is 2.21 bits per heavy atom. The van der Waals surface area contributed by atoms with Crippen LogP contribution in [0, 0.1) is 0 Å². The predicted molar refractivity (Wildman–Crippen MR) is 75.6 cm³/mol. The van der Waals surface area contributed by atoms with Crippen molar-refractivity contribution < 1.29 is 9.84 Å². The highest BCUT2D eigenvalue weighted by Crippen LogP contribution is 2.36. The number of anilines is 1. The molecule has 1 unspecified atom stereocenters. The van der Waals surface area contributed by atoms with Gasteiger partial charge < -0.3 is 15.2 Å². The van der Waals surface area contributed by atoms with Crippen LogP contribution in [0.3, 0.4) is 0 Å². The van der Waals surface area contributed by atoms with E-state index in [-0.39, 0.29) is 12.1 Å². The van der Waals surface area contributed by atoms with Crippen molar-refractivity contribution in [3.05, 3.63) is 24.3 Å². The normalized spacial score (nSPS) is 27.5. The minimum atomic E-state index is -0.225. The molecule has 1 aromatic rings. The molecule has 0 spiro atoms. The monoisotopic (exact) mass is 262 g/mol. The number of ether oxygens (including phenoxy) is 1. The zero-order valence-electron chi connectivity index (χ0n) is 11.4. The lowest BCUT2D eigenvalue weighted by Gasteiger charge is -2.30. The third-order valence-corrected chi connectivity index (χ3v) is 4.26. The molecule has 1 aliphatic carbocycles. The summed E-state index contributed by atoms with van der Waals surface area (Å²) in [5.74, 6) is 0.834. The van der Waals surface area contributed by atoms with E-state index in [4.69, 9.17) is 4.74 Å². The van der Waals surface area contributed by atoms with Crippen LogP contribution < -0.4 is 10.1 Å². The van der Waals surface area contributed by atoms with Gasteiger partial charge in [0.1, 0.15) is 5.75 Å². The molecule has 4 nitrogen and oxygen atoms in total. The van der Waals surface area contributed by atoms with Crippen LogP contribution in [0.1, 0.15) is 19.3 Å². The Balaban J connectivity index is 1.75. The first-order chi connectivity index (χ1) is 9.26. The first-order valence-corrected chi connectivity index (χ1v) is 7.02. The minimum Gasteiger partial charge on any atom is -0.495 e. The number of methoxy groups -OCH3 is 1. The molecular formula is C15H22N2O2. The number of nitrogens with one attached hydrogen (secondary N) is 1. The lowest BCUT2D eigenvalue weighted by Crippen LogP contribution is -2.45. The van der Waals surface area contributed by atoms with Gasteiger partial charge in [0, 0.05) is 19.1 Å². The van der Waals surface area contributed by atoms with Crippen LogP contribution in [0.25, 0.3) is 0 Å². The van der Waals surface area contributed by atoms with Crippen molar-refractivity contribution in [3.63, 3.8) is 0 Å². The Morgan fingerprint density at radius 3 is 2.89 bits per heavy atom. The summed E-state index contributed by atoms with van der Waals surface area (Å²) in [4.78, 5) is 2.50. The van der Waals surface area contributed by atoms with Gasteiger partial charge in [0.05, 0.1) is 24.9 Å². The van der Waals surface area contributed by atoms with E-state index in [1.807, 2.05) is 24.3 Å². The molecule has 3 rings (SSSR count). The zero-order valence-corrected chi connectivity index (χ0v) is 11.4. The Labute approximate surface area is 114 Å². The number of nitrogens with zero attached hydrogens (tertiary/aromatic N) is 1. The van der Waals surface area contributed by atoms with Crippen LogP contribution in [0.2, 0.25) is 0 Å². The highest BCUT2D eigenvalue weighted by molar-refractivity contribution is 5.58. The minimum absolute atomic E-state index is 0.161. The van der Waals surface area contributed by atoms with Crippen molar-refractivity contribution >= 4 is 5.69 Å². The van der Waals surface area contributed by atoms with E-state index in [1.165, 1.54) is 12.8 Å². The summed E-state index contributed by atoms with van der Waals surface area (Å²) in [6.45, 7) is 2.16. The predicted octanol–water partition coefficient (Wildman–Crippen LogP) is 1.71. The van der Waals surface area contributed by atoms with Gasteiger partial charge in [0.2, 0.25) is 0 Å². The number of likely N-dealkylation sites (tertiary alicyclic amines) is 1. The maximum absolute atomic E-state index is 9.83. The van der Waals surface area contributed by atoms with Crippen LogP contribution in [-0.4, -0.2) is 48.4 Å². The third-order valence-electron chi connectivity index (χ3n) is 4.26. The van der Waals surface area contributed by atoms with Crippen LogP contribution in [0.15, 0.2) is 24.3 Å². The standard InChI is InChI=1S/C15H22N2O2/c1-19-14-5-3-2-4-13(14)16-15(11-18)8-9-17(10-15)12-6-7-12/h2-5,12,16,18H,6-11H2,1H3. The van der Waals surface area contributed by atoms with Gasteiger partial charge >= 0.3 is 0 Å². The molecule has 0 bridgehead atoms. The third kappa shape index (κ3) is 2.55. The van der Waals surface area contributed by atoms with Crippen molar-refractivity contribution in [1.29, 1.82) is 0 Å². The molecule has 1 aliphatic heterocycles. The maximum atomic E-state index is 9.83. The highest BCUT2D eigenvalue weighted by Gasteiger charge is 2.43. The fraction of sp³-hybridized carbons (Fsp3) is 0.600. The molecule has 1 saturated carbocycles. The van der Waals surface area contributed by atoms with E-state index in [1.54, 1.807) is 7.11 Å². The van der Waals surface area contributed by atoms with E-state index >= 15 is 0 Å². The van der Waals surface area contributed by atoms with Gasteiger partial charge in [0.15, 0.2) is 0 Å². The molecule has 2 N–H and O–H groups in total. The Hall–Kier alpha value is -1.26. The van der Waals surface area contributed by atoms with Crippen molar-refractivity contribution in [2.45, 2.75) is 30.8 Å². The van der Waals surface area contributed by atoms with Crippen LogP contribution >= 0.6 is 0 Å². The molecule has 2 fully saturated rings. The smallest absolute Gasteiger partial charge is 0.141 e. The van der Waals surface area contributed by atoms with Crippen molar-refractivity contribution in [2.75, 3.05) is 32.1 Å². The van der Waals surface area contributed by atoms with Gasteiger partial charge in [-0.2, -0.15) is 0 Å². The van der Waals surface area contributed by atoms with Crippen molar-refractivity contribution in [1.82, 2.24) is 4.90 Å². The average molecular weight is 262 g/mol. The lowest BCUT2D eigenvalue weighted by molar-refractivity contribution is 0.205. The number of rotatable bonds is 5. The number of aliphatic hydroxyl groups excluding tert-OH is 1. The van der Waals surface area contributed by atoms with Gasteiger partial charge in [-0.25, -0.2) is 0 Å². The molecule has 1 saturated heterocycles. The lowest BCUT2D eigenvalue weighted by atomic mass is 9.99. The molecule has 1 aromatic carbocycles. The van der Waals surface area contributed by atoms with Crippen molar-refractivity contribution in [3.8, 4) is 5.75 Å². The first-order valence-electron chi connectivity index (χ1n) is 7.02. The highest BCUT2D eigenvalue weighted by atomic mass is 16.5. The average Bonchev–Trinajstić information content (AvgIpc) is 3.22. The summed E-state index contributed by atoms with van der Waals surface area (Å²) in [5.41, 5.74) is 0.744. The summed E-state index contributed by atoms with van der Waals surface area (Å²) in [6.07, 6.45) is 3.62. The van der Waals surface area contributed by atoms with Crippen LogP contribution in [0.4, 0.5) is 5.69 Å². The van der Waals surface area contributed by atoms with E-state index in [9.17, 15) is 5.11 Å². The fourth-order valence-corrected chi connectivity index (χ4v) is 2.96. The van der Waals surface area contributed by atoms with Gasteiger partial charge in [0.25, 0.3) is 0 Å². The van der Waals surface area contributed by atoms with Gasteiger partial charge in [-0.3, -0.25) is 4.90 Å². The van der Waals surface area contributed by atoms with Crippen LogP contribution in [-0.2, 0) is 0 Å². The molecule has 19 heavy (non-hydrogen) atoms. The van der Waals surface area contributed by atoms with E-state index in [2.05, 4.69) is 10.2 Å². The zero-order chi connectivity index (χ0) is 13.3. The Bertz CT molecular complexity index is 448.